The first-order chi connectivity index (χ1) is 13.8. The number of rotatable bonds is 5. The minimum absolute atomic E-state index is 0.196. The molecule has 0 spiro atoms. The third-order valence-electron chi connectivity index (χ3n) is 4.29. The van der Waals surface area contributed by atoms with Gasteiger partial charge in [-0.15, -0.1) is 11.3 Å². The molecule has 0 unspecified atom stereocenters. The van der Waals surface area contributed by atoms with E-state index in [4.69, 9.17) is 0 Å². The van der Waals surface area contributed by atoms with Gasteiger partial charge in [0.2, 0.25) is 0 Å². The predicted molar refractivity (Wildman–Crippen MR) is 107 cm³/mol. The zero-order valence-electron chi connectivity index (χ0n) is 15.2. The van der Waals surface area contributed by atoms with Gasteiger partial charge in [0.15, 0.2) is 9.84 Å². The van der Waals surface area contributed by atoms with E-state index in [1.54, 1.807) is 40.7 Å². The smallest absolute Gasteiger partial charge is 0.253 e. The highest BCUT2D eigenvalue weighted by molar-refractivity contribution is 7.90. The molecule has 0 aliphatic carbocycles. The second-order valence-electron chi connectivity index (χ2n) is 6.36. The number of carbonyl (C=O) groups excluding carboxylic acids is 1. The summed E-state index contributed by atoms with van der Waals surface area (Å²) in [5.74, 6) is -0.702. The molecule has 0 saturated heterocycles. The number of pyridine rings is 1. The number of thiophene rings is 1. The summed E-state index contributed by atoms with van der Waals surface area (Å²) in [5, 5.41) is 9.22. The first kappa shape index (κ1) is 19.2. The maximum atomic E-state index is 13.2. The fraction of sp³-hybridized carbons (Fsp3) is 0.105. The van der Waals surface area contributed by atoms with Crippen LogP contribution in [-0.4, -0.2) is 35.3 Å². The molecule has 0 saturated carbocycles. The molecule has 1 aromatic carbocycles. The largest absolute Gasteiger partial charge is 0.347 e. The number of benzene rings is 1. The highest BCUT2D eigenvalue weighted by atomic mass is 32.2. The van der Waals surface area contributed by atoms with Crippen molar-refractivity contribution in [2.75, 3.05) is 6.26 Å². The van der Waals surface area contributed by atoms with E-state index in [1.165, 1.54) is 29.7 Å². The predicted octanol–water partition coefficient (Wildman–Crippen LogP) is 2.95. The number of nitrogens with zero attached hydrogens (tertiary/aromatic N) is 3. The topological polar surface area (TPSA) is 93.9 Å². The fourth-order valence-corrected chi connectivity index (χ4v) is 4.78. The maximum Gasteiger partial charge on any atom is 0.253 e. The molecular formula is C19H15FN4O3S2. The Bertz CT molecular complexity index is 1310. The number of hydrogen-bond acceptors (Lipinski definition) is 6. The van der Waals surface area contributed by atoms with Crippen LogP contribution in [0.1, 0.15) is 15.2 Å². The molecule has 29 heavy (non-hydrogen) atoms. The van der Waals surface area contributed by atoms with Gasteiger partial charge < -0.3 is 5.32 Å². The van der Waals surface area contributed by atoms with Crippen LogP contribution < -0.4 is 5.32 Å². The van der Waals surface area contributed by atoms with Gasteiger partial charge in [-0.1, -0.05) is 0 Å². The van der Waals surface area contributed by atoms with Gasteiger partial charge in [-0.2, -0.15) is 5.10 Å². The van der Waals surface area contributed by atoms with Crippen molar-refractivity contribution in [2.45, 2.75) is 11.4 Å². The fourth-order valence-electron chi connectivity index (χ4n) is 2.82. The van der Waals surface area contributed by atoms with Gasteiger partial charge in [-0.3, -0.25) is 9.78 Å². The van der Waals surface area contributed by atoms with Gasteiger partial charge in [0, 0.05) is 28.1 Å². The van der Waals surface area contributed by atoms with Crippen LogP contribution in [0.15, 0.2) is 59.2 Å². The second kappa shape index (κ2) is 7.37. The van der Waals surface area contributed by atoms with Crippen LogP contribution in [-0.2, 0) is 16.4 Å². The first-order valence-corrected chi connectivity index (χ1v) is 11.2. The van der Waals surface area contributed by atoms with Crippen LogP contribution >= 0.6 is 11.3 Å². The van der Waals surface area contributed by atoms with Crippen molar-refractivity contribution in [2.24, 2.45) is 0 Å². The number of aromatic nitrogens is 3. The van der Waals surface area contributed by atoms with E-state index in [-0.39, 0.29) is 23.2 Å². The number of sulfone groups is 1. The standard InChI is InChI=1S/C19H15FN4O3S2/c1-29(26,27)15-6-14(28-11-15)7-22-19(25)17-8-21-10-18-16(17)9-23-24(18)13-4-2-12(20)3-5-13/h2-6,8-11H,7H2,1H3,(H,22,25). The van der Waals surface area contributed by atoms with Crippen molar-refractivity contribution in [1.29, 1.82) is 0 Å². The average Bonchev–Trinajstić information content (AvgIpc) is 3.33. The van der Waals surface area contributed by atoms with E-state index >= 15 is 0 Å². The van der Waals surface area contributed by atoms with Crippen molar-refractivity contribution in [1.82, 2.24) is 20.1 Å². The van der Waals surface area contributed by atoms with Crippen LogP contribution in [0, 0.1) is 5.82 Å². The molecule has 0 atom stereocenters. The van der Waals surface area contributed by atoms with Crippen molar-refractivity contribution < 1.29 is 17.6 Å². The van der Waals surface area contributed by atoms with Crippen molar-refractivity contribution in [3.05, 3.63) is 70.6 Å². The van der Waals surface area contributed by atoms with Crippen LogP contribution in [0.4, 0.5) is 4.39 Å². The molecule has 0 aliphatic rings. The Hall–Kier alpha value is -3.11. The van der Waals surface area contributed by atoms with E-state index < -0.39 is 9.84 Å². The van der Waals surface area contributed by atoms with E-state index in [0.717, 1.165) is 11.1 Å². The second-order valence-corrected chi connectivity index (χ2v) is 9.37. The highest BCUT2D eigenvalue weighted by Gasteiger charge is 2.16. The van der Waals surface area contributed by atoms with E-state index in [2.05, 4.69) is 15.4 Å². The van der Waals surface area contributed by atoms with Crippen molar-refractivity contribution in [3.63, 3.8) is 0 Å². The molecule has 4 aromatic rings. The number of halogens is 1. The lowest BCUT2D eigenvalue weighted by atomic mass is 10.2. The Morgan fingerprint density at radius 1 is 1.21 bits per heavy atom. The molecule has 148 valence electrons. The van der Waals surface area contributed by atoms with E-state index in [9.17, 15) is 17.6 Å². The molecule has 10 heteroatoms. The van der Waals surface area contributed by atoms with E-state index in [1.807, 2.05) is 0 Å². The monoisotopic (exact) mass is 430 g/mol. The third kappa shape index (κ3) is 3.89. The zero-order valence-corrected chi connectivity index (χ0v) is 16.8. The lowest BCUT2D eigenvalue weighted by molar-refractivity contribution is 0.0952. The molecule has 1 amide bonds. The summed E-state index contributed by atoms with van der Waals surface area (Å²) in [7, 11) is -3.27. The quantitative estimate of drug-likeness (QED) is 0.525. The minimum Gasteiger partial charge on any atom is -0.347 e. The molecule has 0 bridgehead atoms. The summed E-state index contributed by atoms with van der Waals surface area (Å²) in [6.45, 7) is 0.196. The van der Waals surface area contributed by atoms with Crippen LogP contribution in [0.3, 0.4) is 0 Å². The highest BCUT2D eigenvalue weighted by Crippen LogP contribution is 2.22. The summed E-state index contributed by atoms with van der Waals surface area (Å²) in [5.41, 5.74) is 1.60. The average molecular weight is 430 g/mol. The molecule has 7 nitrogen and oxygen atoms in total. The zero-order chi connectivity index (χ0) is 20.6. The lowest BCUT2D eigenvalue weighted by Gasteiger charge is -2.06. The van der Waals surface area contributed by atoms with Crippen molar-refractivity contribution in [3.8, 4) is 5.69 Å². The van der Waals surface area contributed by atoms with Gasteiger partial charge in [-0.05, 0) is 30.3 Å². The van der Waals surface area contributed by atoms with Crippen LogP contribution in [0.5, 0.6) is 0 Å². The summed E-state index contributed by atoms with van der Waals surface area (Å²) in [6, 6.07) is 7.39. The van der Waals surface area contributed by atoms with Gasteiger partial charge >= 0.3 is 0 Å². The summed E-state index contributed by atoms with van der Waals surface area (Å²) < 4.78 is 37.9. The van der Waals surface area contributed by atoms with Gasteiger partial charge in [0.05, 0.1) is 40.6 Å². The SMILES string of the molecule is CS(=O)(=O)c1csc(CNC(=O)c2cncc3c2cnn3-c2ccc(F)cc2)c1. The molecule has 4 rings (SSSR count). The summed E-state index contributed by atoms with van der Waals surface area (Å²) >= 11 is 1.26. The number of nitrogens with one attached hydrogen (secondary N) is 1. The van der Waals surface area contributed by atoms with Crippen LogP contribution in [0.2, 0.25) is 0 Å². The van der Waals surface area contributed by atoms with E-state index in [0.29, 0.717) is 22.2 Å². The normalized spacial score (nSPS) is 11.7. The molecule has 1 N–H and O–H groups in total. The molecule has 0 fully saturated rings. The third-order valence-corrected chi connectivity index (χ3v) is 6.47. The summed E-state index contributed by atoms with van der Waals surface area (Å²) in [4.78, 5) is 17.8. The molecule has 0 radical (unpaired) electrons. The Morgan fingerprint density at radius 3 is 2.66 bits per heavy atom. The van der Waals surface area contributed by atoms with Crippen molar-refractivity contribution >= 4 is 38.0 Å². The number of fused-ring (bicyclic) bond motifs is 1. The Kier molecular flexibility index (Phi) is 4.89. The maximum absolute atomic E-state index is 13.2. The lowest BCUT2D eigenvalue weighted by Crippen LogP contribution is -2.22. The first-order valence-electron chi connectivity index (χ1n) is 8.46. The minimum atomic E-state index is -3.27. The Labute approximate surface area is 169 Å². The Morgan fingerprint density at radius 2 is 1.97 bits per heavy atom. The van der Waals surface area contributed by atoms with Gasteiger partial charge in [0.1, 0.15) is 5.82 Å². The summed E-state index contributed by atoms with van der Waals surface area (Å²) in [6.07, 6.45) is 5.73. The van der Waals surface area contributed by atoms with Gasteiger partial charge in [-0.25, -0.2) is 17.5 Å². The molecular weight excluding hydrogens is 415 g/mol. The number of hydrogen-bond donors (Lipinski definition) is 1. The molecule has 0 aliphatic heterocycles. The number of amides is 1. The number of carbonyl (C=O) groups is 1. The van der Waals surface area contributed by atoms with Crippen LogP contribution in [0.25, 0.3) is 16.6 Å². The van der Waals surface area contributed by atoms with Gasteiger partial charge in [0.25, 0.3) is 5.91 Å². The molecule has 3 aromatic heterocycles. The molecule has 3 heterocycles. The Balaban J connectivity index is 1.58.